The smallest absolute Gasteiger partial charge is 0.321 e. The van der Waals surface area contributed by atoms with E-state index in [1.807, 2.05) is 35.2 Å². The third-order valence-electron chi connectivity index (χ3n) is 5.42. The third kappa shape index (κ3) is 4.57. The van der Waals surface area contributed by atoms with Crippen LogP contribution in [0.25, 0.3) is 10.9 Å². The largest absolute Gasteiger partial charge is 0.375 e. The summed E-state index contributed by atoms with van der Waals surface area (Å²) in [6.07, 6.45) is 6.58. The SMILES string of the molecule is O=C(Nc1cccc2cccnc12)N1CCCOC(CN2CCCCC2)C1. The van der Waals surface area contributed by atoms with Crippen molar-refractivity contribution in [2.45, 2.75) is 31.8 Å². The summed E-state index contributed by atoms with van der Waals surface area (Å²) in [4.78, 5) is 21.7. The summed E-state index contributed by atoms with van der Waals surface area (Å²) in [7, 11) is 0. The minimum Gasteiger partial charge on any atom is -0.375 e. The first kappa shape index (κ1) is 18.2. The molecule has 1 N–H and O–H groups in total. The molecule has 0 saturated carbocycles. The number of carbonyl (C=O) groups excluding carboxylic acids is 1. The van der Waals surface area contributed by atoms with Crippen LogP contribution in [0.15, 0.2) is 36.5 Å². The summed E-state index contributed by atoms with van der Waals surface area (Å²) < 4.78 is 6.03. The normalized spacial score (nSPS) is 21.8. The molecule has 2 amide bonds. The Bertz CT molecular complexity index is 770. The van der Waals surface area contributed by atoms with Crippen molar-refractivity contribution in [1.29, 1.82) is 0 Å². The summed E-state index contributed by atoms with van der Waals surface area (Å²) in [6, 6.07) is 9.71. The number of likely N-dealkylation sites (tertiary alicyclic amines) is 1. The van der Waals surface area contributed by atoms with Crippen molar-refractivity contribution in [3.8, 4) is 0 Å². The van der Waals surface area contributed by atoms with Gasteiger partial charge in [0.05, 0.1) is 17.3 Å². The minimum absolute atomic E-state index is 0.0673. The Morgan fingerprint density at radius 3 is 2.85 bits per heavy atom. The maximum Gasteiger partial charge on any atom is 0.321 e. The van der Waals surface area contributed by atoms with E-state index in [0.29, 0.717) is 6.54 Å². The van der Waals surface area contributed by atoms with Gasteiger partial charge in [-0.05, 0) is 44.5 Å². The number of ether oxygens (including phenoxy) is 1. The van der Waals surface area contributed by atoms with Crippen LogP contribution < -0.4 is 5.32 Å². The van der Waals surface area contributed by atoms with Crippen molar-refractivity contribution in [1.82, 2.24) is 14.8 Å². The summed E-state index contributed by atoms with van der Waals surface area (Å²) in [5, 5.41) is 4.09. The Kier molecular flexibility index (Phi) is 5.84. The summed E-state index contributed by atoms with van der Waals surface area (Å²) in [5.41, 5.74) is 1.58. The summed E-state index contributed by atoms with van der Waals surface area (Å²) in [5.74, 6) is 0. The topological polar surface area (TPSA) is 57.7 Å². The van der Waals surface area contributed by atoms with Gasteiger partial charge < -0.3 is 19.9 Å². The molecule has 27 heavy (non-hydrogen) atoms. The van der Waals surface area contributed by atoms with Gasteiger partial charge in [0.1, 0.15) is 0 Å². The molecule has 2 aliphatic heterocycles. The van der Waals surface area contributed by atoms with Crippen LogP contribution in [0.3, 0.4) is 0 Å². The number of hydrogen-bond acceptors (Lipinski definition) is 4. The highest BCUT2D eigenvalue weighted by Crippen LogP contribution is 2.21. The average molecular weight is 368 g/mol. The number of urea groups is 1. The first-order valence-corrected chi connectivity index (χ1v) is 10.0. The molecule has 0 radical (unpaired) electrons. The van der Waals surface area contributed by atoms with Gasteiger partial charge in [-0.15, -0.1) is 0 Å². The Morgan fingerprint density at radius 1 is 1.11 bits per heavy atom. The Hall–Kier alpha value is -2.18. The number of benzene rings is 1. The summed E-state index contributed by atoms with van der Waals surface area (Å²) in [6.45, 7) is 5.29. The number of anilines is 1. The van der Waals surface area contributed by atoms with Crippen molar-refractivity contribution in [3.63, 3.8) is 0 Å². The molecule has 3 heterocycles. The lowest BCUT2D eigenvalue weighted by Crippen LogP contribution is -2.45. The standard InChI is InChI=1S/C21H28N4O2/c26-21(23-19-9-4-7-17-8-5-10-22-20(17)19)25-13-6-14-27-18(16-25)15-24-11-2-1-3-12-24/h4-5,7-10,18H,1-3,6,11-16H2,(H,23,26). The van der Waals surface area contributed by atoms with Gasteiger partial charge in [-0.2, -0.15) is 0 Å². The molecule has 0 aliphatic carbocycles. The zero-order chi connectivity index (χ0) is 18.5. The number of nitrogens with one attached hydrogen (secondary N) is 1. The van der Waals surface area contributed by atoms with E-state index in [2.05, 4.69) is 15.2 Å². The fourth-order valence-electron chi connectivity index (χ4n) is 4.02. The molecule has 6 heteroatoms. The predicted molar refractivity (Wildman–Crippen MR) is 107 cm³/mol. The number of aromatic nitrogens is 1. The first-order valence-electron chi connectivity index (χ1n) is 10.0. The predicted octanol–water partition coefficient (Wildman–Crippen LogP) is 3.34. The highest BCUT2D eigenvalue weighted by atomic mass is 16.5. The highest BCUT2D eigenvalue weighted by molar-refractivity contribution is 5.99. The molecular weight excluding hydrogens is 340 g/mol. The van der Waals surface area contributed by atoms with Crippen molar-refractivity contribution < 1.29 is 9.53 Å². The van der Waals surface area contributed by atoms with E-state index in [1.165, 1.54) is 19.3 Å². The number of piperidine rings is 1. The van der Waals surface area contributed by atoms with Crippen LogP contribution in [0.2, 0.25) is 0 Å². The van der Waals surface area contributed by atoms with Gasteiger partial charge in [-0.3, -0.25) is 4.98 Å². The molecule has 2 aliphatic rings. The average Bonchev–Trinajstić information content (AvgIpc) is 2.95. The van der Waals surface area contributed by atoms with E-state index in [4.69, 9.17) is 4.74 Å². The molecule has 1 aromatic heterocycles. The number of rotatable bonds is 3. The molecule has 6 nitrogen and oxygen atoms in total. The fourth-order valence-corrected chi connectivity index (χ4v) is 4.02. The van der Waals surface area contributed by atoms with Gasteiger partial charge in [0.15, 0.2) is 0 Å². The number of amides is 2. The van der Waals surface area contributed by atoms with Gasteiger partial charge in [0, 0.05) is 37.8 Å². The molecule has 1 aromatic carbocycles. The minimum atomic E-state index is -0.0673. The van der Waals surface area contributed by atoms with Crippen molar-refractivity contribution in [2.75, 3.05) is 44.6 Å². The summed E-state index contributed by atoms with van der Waals surface area (Å²) >= 11 is 0. The molecule has 0 spiro atoms. The lowest BCUT2D eigenvalue weighted by Gasteiger charge is -2.31. The Morgan fingerprint density at radius 2 is 1.96 bits per heavy atom. The van der Waals surface area contributed by atoms with E-state index in [9.17, 15) is 4.79 Å². The number of fused-ring (bicyclic) bond motifs is 1. The van der Waals surface area contributed by atoms with Gasteiger partial charge in [-0.25, -0.2) is 4.79 Å². The van der Waals surface area contributed by atoms with E-state index in [1.54, 1.807) is 6.20 Å². The van der Waals surface area contributed by atoms with E-state index < -0.39 is 0 Å². The second-order valence-corrected chi connectivity index (χ2v) is 7.46. The van der Waals surface area contributed by atoms with Crippen molar-refractivity contribution in [2.24, 2.45) is 0 Å². The van der Waals surface area contributed by atoms with Gasteiger partial charge >= 0.3 is 6.03 Å². The molecule has 2 fully saturated rings. The second-order valence-electron chi connectivity index (χ2n) is 7.46. The van der Waals surface area contributed by atoms with Crippen LogP contribution in [0.4, 0.5) is 10.5 Å². The highest BCUT2D eigenvalue weighted by Gasteiger charge is 2.25. The molecule has 144 valence electrons. The molecule has 2 aromatic rings. The monoisotopic (exact) mass is 368 g/mol. The Balaban J connectivity index is 1.42. The molecule has 2 saturated heterocycles. The maximum absolute atomic E-state index is 12.9. The number of para-hydroxylation sites is 1. The van der Waals surface area contributed by atoms with Crippen LogP contribution in [0, 0.1) is 0 Å². The van der Waals surface area contributed by atoms with Crippen molar-refractivity contribution in [3.05, 3.63) is 36.5 Å². The molecule has 1 atom stereocenters. The van der Waals surface area contributed by atoms with Gasteiger partial charge in [-0.1, -0.05) is 24.6 Å². The zero-order valence-electron chi connectivity index (χ0n) is 15.8. The van der Waals surface area contributed by atoms with Crippen LogP contribution in [-0.4, -0.2) is 66.2 Å². The number of hydrogen-bond donors (Lipinski definition) is 1. The van der Waals surface area contributed by atoms with Crippen LogP contribution in [0.5, 0.6) is 0 Å². The van der Waals surface area contributed by atoms with E-state index >= 15 is 0 Å². The third-order valence-corrected chi connectivity index (χ3v) is 5.42. The van der Waals surface area contributed by atoms with E-state index in [0.717, 1.165) is 55.8 Å². The van der Waals surface area contributed by atoms with Crippen molar-refractivity contribution >= 4 is 22.6 Å². The Labute approximate surface area is 160 Å². The molecule has 4 rings (SSSR count). The fraction of sp³-hybridized carbons (Fsp3) is 0.524. The first-order chi connectivity index (χ1) is 13.3. The maximum atomic E-state index is 12.9. The number of pyridine rings is 1. The number of nitrogens with zero attached hydrogens (tertiary/aromatic N) is 3. The number of carbonyl (C=O) groups is 1. The lowest BCUT2D eigenvalue weighted by molar-refractivity contribution is 0.0261. The van der Waals surface area contributed by atoms with Gasteiger partial charge in [0.2, 0.25) is 0 Å². The quantitative estimate of drug-likeness (QED) is 0.903. The zero-order valence-corrected chi connectivity index (χ0v) is 15.8. The van der Waals surface area contributed by atoms with Crippen LogP contribution >= 0.6 is 0 Å². The van der Waals surface area contributed by atoms with E-state index in [-0.39, 0.29) is 12.1 Å². The van der Waals surface area contributed by atoms with Gasteiger partial charge in [0.25, 0.3) is 0 Å². The second kappa shape index (κ2) is 8.67. The molecular formula is C21H28N4O2. The molecule has 1 unspecified atom stereocenters. The lowest BCUT2D eigenvalue weighted by atomic mass is 10.1. The molecule has 0 bridgehead atoms. The van der Waals surface area contributed by atoms with Crippen LogP contribution in [-0.2, 0) is 4.74 Å². The van der Waals surface area contributed by atoms with Crippen LogP contribution in [0.1, 0.15) is 25.7 Å².